The van der Waals surface area contributed by atoms with E-state index in [1.807, 2.05) is 52.0 Å². The van der Waals surface area contributed by atoms with E-state index in [1.54, 1.807) is 32.6 Å². The average Bonchev–Trinajstić information content (AvgIpc) is 2.62. The molecule has 0 aliphatic carbocycles. The van der Waals surface area contributed by atoms with Gasteiger partial charge in [-0.2, -0.15) is 0 Å². The van der Waals surface area contributed by atoms with Gasteiger partial charge in [0.05, 0.1) is 0 Å². The molecule has 0 heterocycles. The van der Waals surface area contributed by atoms with Crippen LogP contribution in [0, 0.1) is 6.92 Å². The molecule has 2 unspecified atom stereocenters. The molecular formula is C24H39N3O4. The smallest absolute Gasteiger partial charge is 0.408 e. The lowest BCUT2D eigenvalue weighted by atomic mass is 10.0. The Kier molecular flexibility index (Phi) is 10.0. The molecule has 1 aromatic rings. The van der Waals surface area contributed by atoms with Crippen LogP contribution in [0.5, 0.6) is 0 Å². The standard InChI is InChI=1S/C24H39N3O4/c1-9-10-14-27(22(29)18(5)26-23(30)31-24(6,7)8)20(21(28)25-16(2)3)19-13-11-12-17(4)15-19/h11-13,15-16,18,20H,9-10,14H2,1-8H3,(H,25,28)(H,26,30). The second-order valence-corrected chi connectivity index (χ2v) is 9.23. The second-order valence-electron chi connectivity index (χ2n) is 9.23. The topological polar surface area (TPSA) is 87.7 Å². The number of rotatable bonds is 9. The molecule has 174 valence electrons. The van der Waals surface area contributed by atoms with Gasteiger partial charge in [0.15, 0.2) is 0 Å². The largest absolute Gasteiger partial charge is 0.444 e. The van der Waals surface area contributed by atoms with Crippen molar-refractivity contribution in [3.63, 3.8) is 0 Å². The fourth-order valence-corrected chi connectivity index (χ4v) is 3.17. The SMILES string of the molecule is CCCCN(C(=O)C(C)NC(=O)OC(C)(C)C)C(C(=O)NC(C)C)c1cccc(C)c1. The minimum atomic E-state index is -0.842. The van der Waals surface area contributed by atoms with Gasteiger partial charge in [0.25, 0.3) is 0 Å². The van der Waals surface area contributed by atoms with E-state index in [1.165, 1.54) is 0 Å². The van der Waals surface area contributed by atoms with Gasteiger partial charge in [-0.05, 0) is 60.5 Å². The van der Waals surface area contributed by atoms with Gasteiger partial charge in [0.2, 0.25) is 11.8 Å². The molecule has 7 nitrogen and oxygen atoms in total. The summed E-state index contributed by atoms with van der Waals surface area (Å²) in [4.78, 5) is 40.4. The van der Waals surface area contributed by atoms with Crippen molar-refractivity contribution in [2.75, 3.05) is 6.54 Å². The van der Waals surface area contributed by atoms with Crippen LogP contribution in [0.1, 0.15) is 78.5 Å². The number of alkyl carbamates (subject to hydrolysis) is 1. The number of hydrogen-bond donors (Lipinski definition) is 2. The molecule has 0 saturated heterocycles. The average molecular weight is 434 g/mol. The van der Waals surface area contributed by atoms with Crippen LogP contribution in [0.2, 0.25) is 0 Å². The summed E-state index contributed by atoms with van der Waals surface area (Å²) in [7, 11) is 0. The summed E-state index contributed by atoms with van der Waals surface area (Å²) in [5.41, 5.74) is 1.07. The lowest BCUT2D eigenvalue weighted by molar-refractivity contribution is -0.142. The number of nitrogens with zero attached hydrogens (tertiary/aromatic N) is 1. The van der Waals surface area contributed by atoms with Gasteiger partial charge in [-0.3, -0.25) is 9.59 Å². The lowest BCUT2D eigenvalue weighted by Crippen LogP contribution is -2.52. The number of benzene rings is 1. The predicted molar refractivity (Wildman–Crippen MR) is 123 cm³/mol. The highest BCUT2D eigenvalue weighted by molar-refractivity contribution is 5.92. The summed E-state index contributed by atoms with van der Waals surface area (Å²) in [6.07, 6.45) is 0.939. The number of ether oxygens (including phenoxy) is 1. The van der Waals surface area contributed by atoms with Crippen molar-refractivity contribution in [3.8, 4) is 0 Å². The Morgan fingerprint density at radius 1 is 1.10 bits per heavy atom. The lowest BCUT2D eigenvalue weighted by Gasteiger charge is -2.34. The molecule has 2 N–H and O–H groups in total. The summed E-state index contributed by atoms with van der Waals surface area (Å²) in [6.45, 7) is 15.0. The number of unbranched alkanes of at least 4 members (excludes halogenated alkanes) is 1. The highest BCUT2D eigenvalue weighted by atomic mass is 16.6. The van der Waals surface area contributed by atoms with Crippen LogP contribution in [0.4, 0.5) is 4.79 Å². The van der Waals surface area contributed by atoms with Gasteiger partial charge in [0.1, 0.15) is 17.7 Å². The van der Waals surface area contributed by atoms with E-state index in [9.17, 15) is 14.4 Å². The maximum Gasteiger partial charge on any atom is 0.408 e. The molecule has 0 radical (unpaired) electrons. The summed E-state index contributed by atoms with van der Waals surface area (Å²) in [6, 6.07) is 5.91. The molecule has 0 saturated carbocycles. The maximum absolute atomic E-state index is 13.4. The van der Waals surface area contributed by atoms with Crippen LogP contribution in [0.3, 0.4) is 0 Å². The summed E-state index contributed by atoms with van der Waals surface area (Å²) < 4.78 is 5.28. The predicted octanol–water partition coefficient (Wildman–Crippen LogP) is 4.10. The van der Waals surface area contributed by atoms with E-state index in [0.29, 0.717) is 6.54 Å². The molecule has 1 aromatic carbocycles. The molecule has 31 heavy (non-hydrogen) atoms. The van der Waals surface area contributed by atoms with E-state index in [2.05, 4.69) is 10.6 Å². The van der Waals surface area contributed by atoms with Crippen molar-refractivity contribution in [2.45, 2.75) is 92.0 Å². The van der Waals surface area contributed by atoms with Crippen LogP contribution in [-0.4, -0.2) is 47.0 Å². The molecule has 1 rings (SSSR count). The third kappa shape index (κ3) is 8.99. The third-order valence-electron chi connectivity index (χ3n) is 4.49. The second kappa shape index (κ2) is 11.7. The molecule has 7 heteroatoms. The molecule has 0 spiro atoms. The summed E-state index contributed by atoms with van der Waals surface area (Å²) in [5, 5.41) is 5.54. The van der Waals surface area contributed by atoms with E-state index in [0.717, 1.165) is 24.0 Å². The van der Waals surface area contributed by atoms with Gasteiger partial charge in [0, 0.05) is 12.6 Å². The van der Waals surface area contributed by atoms with E-state index in [-0.39, 0.29) is 17.9 Å². The number of aryl methyl sites for hydroxylation is 1. The van der Waals surface area contributed by atoms with Gasteiger partial charge < -0.3 is 20.3 Å². The number of hydrogen-bond acceptors (Lipinski definition) is 4. The van der Waals surface area contributed by atoms with Crippen molar-refractivity contribution in [1.29, 1.82) is 0 Å². The zero-order valence-electron chi connectivity index (χ0n) is 20.2. The molecule has 3 amide bonds. The van der Waals surface area contributed by atoms with Crippen LogP contribution >= 0.6 is 0 Å². The van der Waals surface area contributed by atoms with E-state index >= 15 is 0 Å². The molecule has 0 aliphatic heterocycles. The van der Waals surface area contributed by atoms with Crippen LogP contribution < -0.4 is 10.6 Å². The van der Waals surface area contributed by atoms with E-state index in [4.69, 9.17) is 4.74 Å². The fourth-order valence-electron chi connectivity index (χ4n) is 3.17. The Balaban J connectivity index is 3.25. The first-order valence-electron chi connectivity index (χ1n) is 11.0. The summed E-state index contributed by atoms with van der Waals surface area (Å²) in [5.74, 6) is -0.570. The van der Waals surface area contributed by atoms with Crippen LogP contribution in [0.25, 0.3) is 0 Å². The first-order valence-corrected chi connectivity index (χ1v) is 11.0. The zero-order chi connectivity index (χ0) is 23.8. The van der Waals surface area contributed by atoms with Crippen molar-refractivity contribution in [2.24, 2.45) is 0 Å². The Bertz CT molecular complexity index is 755. The Labute approximate surface area is 186 Å². The maximum atomic E-state index is 13.4. The normalized spacial score (nSPS) is 13.3. The van der Waals surface area contributed by atoms with E-state index < -0.39 is 23.8 Å². The number of nitrogens with one attached hydrogen (secondary N) is 2. The molecule has 0 aromatic heterocycles. The Morgan fingerprint density at radius 2 is 1.74 bits per heavy atom. The molecule has 0 bridgehead atoms. The highest BCUT2D eigenvalue weighted by Crippen LogP contribution is 2.24. The minimum absolute atomic E-state index is 0.0692. The van der Waals surface area contributed by atoms with Gasteiger partial charge in [-0.1, -0.05) is 43.2 Å². The van der Waals surface area contributed by atoms with Crippen LogP contribution in [-0.2, 0) is 14.3 Å². The molecule has 0 aliphatic rings. The number of carbonyl (C=O) groups is 3. The minimum Gasteiger partial charge on any atom is -0.444 e. The Morgan fingerprint density at radius 3 is 2.26 bits per heavy atom. The van der Waals surface area contributed by atoms with Gasteiger partial charge in [-0.25, -0.2) is 4.79 Å². The molecule has 0 fully saturated rings. The fraction of sp³-hybridized carbons (Fsp3) is 0.625. The van der Waals surface area contributed by atoms with Crippen molar-refractivity contribution >= 4 is 17.9 Å². The van der Waals surface area contributed by atoms with Crippen molar-refractivity contribution < 1.29 is 19.1 Å². The number of amides is 3. The van der Waals surface area contributed by atoms with Crippen molar-refractivity contribution in [1.82, 2.24) is 15.5 Å². The Hall–Kier alpha value is -2.57. The van der Waals surface area contributed by atoms with Crippen LogP contribution in [0.15, 0.2) is 24.3 Å². The quantitative estimate of drug-likeness (QED) is 0.614. The zero-order valence-corrected chi connectivity index (χ0v) is 20.2. The van der Waals surface area contributed by atoms with Gasteiger partial charge in [-0.15, -0.1) is 0 Å². The first-order chi connectivity index (χ1) is 14.4. The highest BCUT2D eigenvalue weighted by Gasteiger charge is 2.34. The van der Waals surface area contributed by atoms with Gasteiger partial charge >= 0.3 is 6.09 Å². The third-order valence-corrected chi connectivity index (χ3v) is 4.49. The molecule has 2 atom stereocenters. The first kappa shape index (κ1) is 26.5. The number of carbonyl (C=O) groups excluding carboxylic acids is 3. The summed E-state index contributed by atoms with van der Waals surface area (Å²) >= 11 is 0. The van der Waals surface area contributed by atoms with Crippen molar-refractivity contribution in [3.05, 3.63) is 35.4 Å². The monoisotopic (exact) mass is 433 g/mol. The molecular weight excluding hydrogens is 394 g/mol.